The molecular formula is C30H21N7O2. The third-order valence-corrected chi connectivity index (χ3v) is 6.29. The second-order valence-corrected chi connectivity index (χ2v) is 8.65. The molecule has 3 aromatic carbocycles. The van der Waals surface area contributed by atoms with Crippen LogP contribution in [-0.2, 0) is 0 Å². The molecule has 0 aliphatic carbocycles. The number of nitrogens with one attached hydrogen (secondary N) is 2. The summed E-state index contributed by atoms with van der Waals surface area (Å²) in [5, 5.41) is 17.1. The van der Waals surface area contributed by atoms with Crippen molar-refractivity contribution in [3.63, 3.8) is 0 Å². The van der Waals surface area contributed by atoms with E-state index in [2.05, 4.69) is 20.3 Å². The first-order valence-corrected chi connectivity index (χ1v) is 12.1. The van der Waals surface area contributed by atoms with Gasteiger partial charge in [0, 0.05) is 5.56 Å². The monoisotopic (exact) mass is 511 g/mol. The Balaban J connectivity index is 1.65. The molecule has 9 nitrogen and oxygen atoms in total. The van der Waals surface area contributed by atoms with E-state index in [-0.39, 0.29) is 11.3 Å². The lowest BCUT2D eigenvalue weighted by Gasteiger charge is -2.13. The molecular weight excluding hydrogens is 490 g/mol. The highest BCUT2D eigenvalue weighted by Crippen LogP contribution is 2.36. The van der Waals surface area contributed by atoms with Crippen LogP contribution < -0.4 is 15.6 Å². The van der Waals surface area contributed by atoms with E-state index < -0.39 is 0 Å². The molecule has 0 atom stereocenters. The number of hydrogen-bond acceptors (Lipinski definition) is 7. The van der Waals surface area contributed by atoms with Crippen molar-refractivity contribution in [2.45, 2.75) is 0 Å². The first kappa shape index (κ1) is 23.6. The number of aromatic nitrogens is 5. The highest BCUT2D eigenvalue weighted by Gasteiger charge is 2.23. The number of nitriles is 1. The predicted molar refractivity (Wildman–Crippen MR) is 149 cm³/mol. The van der Waals surface area contributed by atoms with Crippen molar-refractivity contribution in [1.29, 1.82) is 5.26 Å². The molecule has 0 aliphatic rings. The van der Waals surface area contributed by atoms with Gasteiger partial charge in [0.2, 0.25) is 0 Å². The Morgan fingerprint density at radius 1 is 0.846 bits per heavy atom. The van der Waals surface area contributed by atoms with Crippen molar-refractivity contribution in [3.8, 4) is 45.3 Å². The number of H-pyrrole nitrogens is 1. The number of ether oxygens (including phenoxy) is 1. The van der Waals surface area contributed by atoms with Gasteiger partial charge in [-0.3, -0.25) is 4.79 Å². The fraction of sp³-hybridized carbons (Fsp3) is 0.0333. The van der Waals surface area contributed by atoms with Gasteiger partial charge in [0.05, 0.1) is 30.6 Å². The number of aromatic amines is 1. The van der Waals surface area contributed by atoms with Crippen LogP contribution in [0.15, 0.2) is 102 Å². The van der Waals surface area contributed by atoms with E-state index in [1.807, 2.05) is 78.9 Å². The number of methoxy groups -OCH3 is 1. The normalized spacial score (nSPS) is 10.8. The lowest BCUT2D eigenvalue weighted by atomic mass is 10.0. The van der Waals surface area contributed by atoms with Gasteiger partial charge in [-0.05, 0) is 23.3 Å². The number of benzene rings is 3. The summed E-state index contributed by atoms with van der Waals surface area (Å²) in [5.41, 5.74) is 4.65. The van der Waals surface area contributed by atoms with Crippen LogP contribution in [0.4, 0.5) is 11.6 Å². The SMILES string of the molecule is COc1ccc(-c2c(Nc3cnc(C#N)cn3)[nH]c3c(-c4ccccc4)c(-c4ccccc4)nn3c2=O)cc1. The van der Waals surface area contributed by atoms with E-state index in [1.165, 1.54) is 16.9 Å². The van der Waals surface area contributed by atoms with Gasteiger partial charge >= 0.3 is 0 Å². The van der Waals surface area contributed by atoms with E-state index in [9.17, 15) is 4.79 Å². The van der Waals surface area contributed by atoms with Crippen LogP contribution in [0.5, 0.6) is 5.75 Å². The second-order valence-electron chi connectivity index (χ2n) is 8.65. The van der Waals surface area contributed by atoms with Crippen molar-refractivity contribution in [2.75, 3.05) is 12.4 Å². The maximum atomic E-state index is 14.2. The summed E-state index contributed by atoms with van der Waals surface area (Å²) in [6.07, 6.45) is 2.82. The highest BCUT2D eigenvalue weighted by atomic mass is 16.5. The van der Waals surface area contributed by atoms with Crippen LogP contribution in [0.3, 0.4) is 0 Å². The van der Waals surface area contributed by atoms with E-state index in [0.717, 1.165) is 16.7 Å². The van der Waals surface area contributed by atoms with Crippen LogP contribution in [0.2, 0.25) is 0 Å². The third kappa shape index (κ3) is 4.36. The zero-order valence-corrected chi connectivity index (χ0v) is 20.8. The number of rotatable bonds is 6. The van der Waals surface area contributed by atoms with Gasteiger partial charge in [-0.1, -0.05) is 72.8 Å². The number of nitrogens with zero attached hydrogens (tertiary/aromatic N) is 5. The number of hydrogen-bond donors (Lipinski definition) is 2. The van der Waals surface area contributed by atoms with E-state index in [0.29, 0.717) is 39.9 Å². The lowest BCUT2D eigenvalue weighted by molar-refractivity contribution is 0.415. The summed E-state index contributed by atoms with van der Waals surface area (Å²) in [6.45, 7) is 0. The molecule has 0 saturated carbocycles. The molecule has 6 rings (SSSR count). The van der Waals surface area contributed by atoms with E-state index >= 15 is 0 Å². The minimum absolute atomic E-state index is 0.189. The quantitative estimate of drug-likeness (QED) is 0.305. The molecule has 3 aromatic heterocycles. The average molecular weight is 512 g/mol. The first-order chi connectivity index (χ1) is 19.2. The molecule has 0 spiro atoms. The lowest BCUT2D eigenvalue weighted by Crippen LogP contribution is -2.20. The third-order valence-electron chi connectivity index (χ3n) is 6.29. The zero-order valence-electron chi connectivity index (χ0n) is 20.8. The van der Waals surface area contributed by atoms with Crippen LogP contribution in [0.1, 0.15) is 5.69 Å². The average Bonchev–Trinajstić information content (AvgIpc) is 3.38. The van der Waals surface area contributed by atoms with Crippen LogP contribution in [-0.4, -0.2) is 31.7 Å². The molecule has 0 aliphatic heterocycles. The summed E-state index contributed by atoms with van der Waals surface area (Å²) in [6, 6.07) is 28.7. The van der Waals surface area contributed by atoms with Crippen molar-refractivity contribution in [2.24, 2.45) is 0 Å². The predicted octanol–water partition coefficient (Wildman–Crippen LogP) is 5.44. The fourth-order valence-electron chi connectivity index (χ4n) is 4.45. The summed E-state index contributed by atoms with van der Waals surface area (Å²) in [4.78, 5) is 26.0. The van der Waals surface area contributed by atoms with Crippen LogP contribution >= 0.6 is 0 Å². The number of anilines is 2. The Labute approximate surface area is 223 Å². The van der Waals surface area contributed by atoms with Crippen molar-refractivity contribution < 1.29 is 4.74 Å². The minimum atomic E-state index is -0.322. The fourth-order valence-corrected chi connectivity index (χ4v) is 4.45. The minimum Gasteiger partial charge on any atom is -0.497 e. The molecule has 0 fully saturated rings. The van der Waals surface area contributed by atoms with E-state index in [4.69, 9.17) is 15.1 Å². The Hall–Kier alpha value is -5.75. The topological polar surface area (TPSA) is 121 Å². The molecule has 3 heterocycles. The van der Waals surface area contributed by atoms with Gasteiger partial charge in [0.1, 0.15) is 34.8 Å². The van der Waals surface area contributed by atoms with Gasteiger partial charge in [0.15, 0.2) is 5.69 Å². The molecule has 188 valence electrons. The molecule has 2 N–H and O–H groups in total. The van der Waals surface area contributed by atoms with Gasteiger partial charge in [0.25, 0.3) is 5.56 Å². The molecule has 0 radical (unpaired) electrons. The summed E-state index contributed by atoms with van der Waals surface area (Å²) in [5.74, 6) is 1.45. The molecule has 6 aromatic rings. The van der Waals surface area contributed by atoms with Crippen molar-refractivity contribution in [3.05, 3.63) is 113 Å². The Bertz CT molecular complexity index is 1870. The molecule has 39 heavy (non-hydrogen) atoms. The highest BCUT2D eigenvalue weighted by molar-refractivity contribution is 5.92. The maximum absolute atomic E-state index is 14.2. The standard InChI is InChI=1S/C30H21N7O2/c1-39-23-14-12-20(13-15-23)26-28(34-24-18-32-22(16-31)17-33-24)35-29-25(19-8-4-2-5-9-19)27(36-37(29)30(26)38)21-10-6-3-7-11-21/h2-15,17-18,35H,1H3,(H,33,34). The number of fused-ring (bicyclic) bond motifs is 1. The molecule has 0 bridgehead atoms. The second kappa shape index (κ2) is 9.95. The first-order valence-electron chi connectivity index (χ1n) is 12.1. The smallest absolute Gasteiger partial charge is 0.284 e. The largest absolute Gasteiger partial charge is 0.497 e. The zero-order chi connectivity index (χ0) is 26.8. The summed E-state index contributed by atoms with van der Waals surface area (Å²) >= 11 is 0. The van der Waals surface area contributed by atoms with Gasteiger partial charge < -0.3 is 15.0 Å². The van der Waals surface area contributed by atoms with Gasteiger partial charge in [-0.25, -0.2) is 9.97 Å². The van der Waals surface area contributed by atoms with E-state index in [1.54, 1.807) is 19.2 Å². The molecule has 9 heteroatoms. The Morgan fingerprint density at radius 3 is 2.13 bits per heavy atom. The Morgan fingerprint density at radius 2 is 1.51 bits per heavy atom. The molecule has 0 saturated heterocycles. The van der Waals surface area contributed by atoms with Gasteiger partial charge in [-0.2, -0.15) is 14.9 Å². The van der Waals surface area contributed by atoms with Crippen LogP contribution in [0.25, 0.3) is 39.2 Å². The summed E-state index contributed by atoms with van der Waals surface area (Å²) < 4.78 is 6.71. The van der Waals surface area contributed by atoms with Gasteiger partial charge in [-0.15, -0.1) is 0 Å². The van der Waals surface area contributed by atoms with Crippen LogP contribution in [0, 0.1) is 11.3 Å². The maximum Gasteiger partial charge on any atom is 0.284 e. The summed E-state index contributed by atoms with van der Waals surface area (Å²) in [7, 11) is 1.59. The molecule has 0 amide bonds. The van der Waals surface area contributed by atoms with Crippen molar-refractivity contribution >= 4 is 17.3 Å². The Kier molecular flexibility index (Phi) is 6.03. The molecule has 0 unspecified atom stereocenters. The van der Waals surface area contributed by atoms with Crippen molar-refractivity contribution in [1.82, 2.24) is 24.6 Å².